The number of methoxy groups -OCH3 is 1. The van der Waals surface area contributed by atoms with Gasteiger partial charge in [0.1, 0.15) is 0 Å². The monoisotopic (exact) mass is 482 g/mol. The molecule has 0 saturated carbocycles. The van der Waals surface area contributed by atoms with Crippen molar-refractivity contribution in [1.29, 1.82) is 0 Å². The van der Waals surface area contributed by atoms with E-state index in [0.29, 0.717) is 55.0 Å². The molecule has 2 aliphatic heterocycles. The first-order valence-corrected chi connectivity index (χ1v) is 11.1. The number of fused-ring (bicyclic) bond motifs is 2. The molecule has 3 heterocycles. The second-order valence-electron chi connectivity index (χ2n) is 9.09. The zero-order chi connectivity index (χ0) is 24.0. The summed E-state index contributed by atoms with van der Waals surface area (Å²) < 4.78 is 46.9. The van der Waals surface area contributed by atoms with Gasteiger partial charge in [0.25, 0.3) is 0 Å². The van der Waals surface area contributed by atoms with Gasteiger partial charge in [-0.15, -0.1) is 0 Å². The van der Waals surface area contributed by atoms with E-state index in [1.807, 2.05) is 18.7 Å². The van der Waals surface area contributed by atoms with Gasteiger partial charge in [0.15, 0.2) is 5.84 Å². The van der Waals surface area contributed by atoms with E-state index < -0.39 is 17.2 Å². The number of carbonyl (C=O) groups is 1. The van der Waals surface area contributed by atoms with Gasteiger partial charge in [0.05, 0.1) is 29.5 Å². The van der Waals surface area contributed by atoms with Gasteiger partial charge in [-0.3, -0.25) is 9.69 Å². The van der Waals surface area contributed by atoms with Crippen LogP contribution in [-0.4, -0.2) is 66.0 Å². The maximum atomic E-state index is 13.5. The lowest BCUT2D eigenvalue weighted by Gasteiger charge is -2.39. The number of halogens is 4. The summed E-state index contributed by atoms with van der Waals surface area (Å²) in [6, 6.07) is 6.44. The zero-order valence-electron chi connectivity index (χ0n) is 18.7. The van der Waals surface area contributed by atoms with Gasteiger partial charge in [-0.05, 0) is 43.7 Å². The topological polar surface area (TPSA) is 50.1 Å². The van der Waals surface area contributed by atoms with E-state index in [4.69, 9.17) is 21.3 Å². The van der Waals surface area contributed by atoms with Gasteiger partial charge in [-0.1, -0.05) is 11.6 Å². The molecule has 10 heteroatoms. The van der Waals surface area contributed by atoms with Gasteiger partial charge < -0.3 is 14.2 Å². The third kappa shape index (κ3) is 4.89. The molecule has 1 fully saturated rings. The Morgan fingerprint density at radius 1 is 1.15 bits per heavy atom. The van der Waals surface area contributed by atoms with Gasteiger partial charge in [0.2, 0.25) is 0 Å². The largest absolute Gasteiger partial charge is 0.469 e. The fourth-order valence-electron chi connectivity index (χ4n) is 4.38. The molecule has 1 aromatic carbocycles. The molecule has 2 aliphatic rings. The fraction of sp³-hybridized carbons (Fsp3) is 0.478. The molecule has 2 aromatic rings. The first-order chi connectivity index (χ1) is 15.5. The lowest BCUT2D eigenvalue weighted by molar-refractivity contribution is -0.152. The highest BCUT2D eigenvalue weighted by Crippen LogP contribution is 2.35. The molecular weight excluding hydrogens is 457 g/mol. The Morgan fingerprint density at radius 3 is 2.48 bits per heavy atom. The molecule has 1 saturated heterocycles. The lowest BCUT2D eigenvalue weighted by atomic mass is 9.92. The van der Waals surface area contributed by atoms with Crippen LogP contribution in [0.3, 0.4) is 0 Å². The van der Waals surface area contributed by atoms with Crippen molar-refractivity contribution >= 4 is 29.1 Å². The molecule has 6 nitrogen and oxygen atoms in total. The highest BCUT2D eigenvalue weighted by atomic mass is 35.5. The van der Waals surface area contributed by atoms with Crippen LogP contribution >= 0.6 is 11.6 Å². The number of aliphatic imine (C=N–C) groups is 1. The van der Waals surface area contributed by atoms with E-state index in [-0.39, 0.29) is 12.5 Å². The van der Waals surface area contributed by atoms with Crippen molar-refractivity contribution in [1.82, 2.24) is 14.4 Å². The van der Waals surface area contributed by atoms with E-state index in [2.05, 4.69) is 4.90 Å². The van der Waals surface area contributed by atoms with Crippen molar-refractivity contribution in [3.8, 4) is 0 Å². The minimum atomic E-state index is -4.44. The third-order valence-electron chi connectivity index (χ3n) is 6.09. The quantitative estimate of drug-likeness (QED) is 0.608. The number of ether oxygens (including phenoxy) is 1. The second-order valence-corrected chi connectivity index (χ2v) is 9.52. The molecule has 0 amide bonds. The number of esters is 1. The molecule has 0 bridgehead atoms. The van der Waals surface area contributed by atoms with Crippen molar-refractivity contribution in [3.63, 3.8) is 0 Å². The van der Waals surface area contributed by atoms with Crippen LogP contribution < -0.4 is 0 Å². The normalized spacial score (nSPS) is 17.2. The Morgan fingerprint density at radius 2 is 1.85 bits per heavy atom. The number of aromatic nitrogens is 1. The summed E-state index contributed by atoms with van der Waals surface area (Å²) in [6.07, 6.45) is -3.31. The van der Waals surface area contributed by atoms with Crippen LogP contribution in [0.2, 0.25) is 5.02 Å². The van der Waals surface area contributed by atoms with Crippen LogP contribution in [0.1, 0.15) is 30.7 Å². The number of amidine groups is 1. The maximum Gasteiger partial charge on any atom is 0.417 e. The Kier molecular flexibility index (Phi) is 6.22. The maximum absolute atomic E-state index is 13.5. The molecule has 0 aliphatic carbocycles. The predicted octanol–water partition coefficient (Wildman–Crippen LogP) is 4.42. The Balaban J connectivity index is 1.62. The van der Waals surface area contributed by atoms with Crippen LogP contribution in [0, 0.1) is 5.41 Å². The third-order valence-corrected chi connectivity index (χ3v) is 6.33. The van der Waals surface area contributed by atoms with Crippen molar-refractivity contribution in [3.05, 3.63) is 52.3 Å². The smallest absolute Gasteiger partial charge is 0.417 e. The van der Waals surface area contributed by atoms with Crippen LogP contribution in [0.4, 0.5) is 18.9 Å². The molecular formula is C23H26ClF3N4O2. The summed E-state index contributed by atoms with van der Waals surface area (Å²) in [5, 5.41) is 0.513. The number of benzene rings is 1. The molecule has 178 valence electrons. The zero-order valence-corrected chi connectivity index (χ0v) is 19.5. The van der Waals surface area contributed by atoms with Gasteiger partial charge in [0, 0.05) is 50.5 Å². The van der Waals surface area contributed by atoms with Crippen molar-refractivity contribution in [2.24, 2.45) is 10.4 Å². The molecule has 1 aromatic heterocycles. The molecule has 4 rings (SSSR count). The molecule has 0 spiro atoms. The molecule has 0 unspecified atom stereocenters. The molecule has 0 radical (unpaired) electrons. The van der Waals surface area contributed by atoms with Crippen LogP contribution in [0.5, 0.6) is 0 Å². The van der Waals surface area contributed by atoms with E-state index >= 15 is 0 Å². The molecule has 33 heavy (non-hydrogen) atoms. The van der Waals surface area contributed by atoms with Gasteiger partial charge in [-0.25, -0.2) is 4.99 Å². The second kappa shape index (κ2) is 8.68. The highest BCUT2D eigenvalue weighted by Gasteiger charge is 2.36. The summed E-state index contributed by atoms with van der Waals surface area (Å²) in [6.45, 7) is 6.93. The van der Waals surface area contributed by atoms with Crippen molar-refractivity contribution in [2.75, 3.05) is 39.8 Å². The summed E-state index contributed by atoms with van der Waals surface area (Å²) in [5.41, 5.74) is 0.542. The minimum Gasteiger partial charge on any atom is -0.469 e. The Labute approximate surface area is 195 Å². The summed E-state index contributed by atoms with van der Waals surface area (Å²) in [7, 11) is 1.38. The number of piperazine rings is 1. The number of hydrogen-bond acceptors (Lipinski definition) is 5. The highest BCUT2D eigenvalue weighted by molar-refractivity contribution is 6.30. The number of alkyl halides is 3. The average Bonchev–Trinajstić information content (AvgIpc) is 3.11. The van der Waals surface area contributed by atoms with Gasteiger partial charge >= 0.3 is 12.1 Å². The Hall–Kier alpha value is -2.52. The van der Waals surface area contributed by atoms with Crippen molar-refractivity contribution < 1.29 is 22.7 Å². The summed E-state index contributed by atoms with van der Waals surface area (Å²) in [5.74, 6) is 0.240. The molecule has 0 N–H and O–H groups in total. The van der Waals surface area contributed by atoms with E-state index in [0.717, 1.165) is 11.8 Å². The first kappa shape index (κ1) is 23.6. The number of carbonyl (C=O) groups excluding carboxylic acids is 1. The number of rotatable bonds is 3. The summed E-state index contributed by atoms with van der Waals surface area (Å²) in [4.78, 5) is 21.0. The summed E-state index contributed by atoms with van der Waals surface area (Å²) >= 11 is 6.13. The number of hydrogen-bond donors (Lipinski definition) is 0. The van der Waals surface area contributed by atoms with Crippen LogP contribution in [-0.2, 0) is 22.3 Å². The van der Waals surface area contributed by atoms with E-state index in [1.165, 1.54) is 13.2 Å². The van der Waals surface area contributed by atoms with E-state index in [1.54, 1.807) is 22.8 Å². The fourth-order valence-corrected chi connectivity index (χ4v) is 4.57. The van der Waals surface area contributed by atoms with Crippen LogP contribution in [0.15, 0.2) is 35.5 Å². The molecule has 0 atom stereocenters. The minimum absolute atomic E-state index is 0.252. The average molecular weight is 483 g/mol. The lowest BCUT2D eigenvalue weighted by Crippen LogP contribution is -2.52. The number of nitrogens with zero attached hydrogens (tertiary/aromatic N) is 4. The van der Waals surface area contributed by atoms with E-state index in [9.17, 15) is 18.0 Å². The standard InChI is InChI=1S/C23H26ClF3N4O2/c1-22(2,21(32)33-3)14-29-6-8-30(9-7-29)20-19-11-16(23(25,26)27)13-31(19)12-15-10-17(24)4-5-18(15)28-20/h4-5,10-11,13H,6-9,12,14H2,1-3H3. The Bertz CT molecular complexity index is 1090. The SMILES string of the molecule is COC(=O)C(C)(C)CN1CCN(C2=Nc3ccc(Cl)cc3Cn3cc(C(F)(F)F)cc32)CC1. The van der Waals surface area contributed by atoms with Crippen LogP contribution in [0.25, 0.3) is 0 Å². The van der Waals surface area contributed by atoms with Gasteiger partial charge in [-0.2, -0.15) is 13.2 Å². The first-order valence-electron chi connectivity index (χ1n) is 10.7. The van der Waals surface area contributed by atoms with Crippen molar-refractivity contribution in [2.45, 2.75) is 26.6 Å². The predicted molar refractivity (Wildman–Crippen MR) is 120 cm³/mol.